The van der Waals surface area contributed by atoms with Crippen LogP contribution >= 0.6 is 0 Å². The summed E-state index contributed by atoms with van der Waals surface area (Å²) in [7, 11) is 0. The van der Waals surface area contributed by atoms with Gasteiger partial charge in [-0.1, -0.05) is 0 Å². The number of carbonyl (C=O) groups is 1. The Morgan fingerprint density at radius 3 is 2.31 bits per heavy atom. The number of nitrogens with zero attached hydrogens (tertiary/aromatic N) is 1. The lowest BCUT2D eigenvalue weighted by Gasteiger charge is -2.25. The molecule has 1 aliphatic heterocycles. The molecule has 0 atom stereocenters. The summed E-state index contributed by atoms with van der Waals surface area (Å²) in [4.78, 5) is 11.7. The van der Waals surface area contributed by atoms with Crippen LogP contribution in [0.4, 0.5) is 8.78 Å². The number of rotatable bonds is 3. The van der Waals surface area contributed by atoms with E-state index in [0.29, 0.717) is 6.08 Å². The predicted molar refractivity (Wildman–Crippen MR) is 45.6 cm³/mol. The van der Waals surface area contributed by atoms with Gasteiger partial charge in [0.1, 0.15) is 0 Å². The third kappa shape index (κ3) is 3.53. The van der Waals surface area contributed by atoms with Gasteiger partial charge in [-0.05, 0) is 19.3 Å². The molecule has 4 heteroatoms. The van der Waals surface area contributed by atoms with Crippen molar-refractivity contribution in [3.63, 3.8) is 0 Å². The van der Waals surface area contributed by atoms with E-state index in [0.717, 1.165) is 32.4 Å². The summed E-state index contributed by atoms with van der Waals surface area (Å²) >= 11 is 0. The Hall–Kier alpha value is -0.930. The van der Waals surface area contributed by atoms with Gasteiger partial charge in [0.2, 0.25) is 0 Å². The maximum absolute atomic E-state index is 12.4. The van der Waals surface area contributed by atoms with Gasteiger partial charge < -0.3 is 4.90 Å². The summed E-state index contributed by atoms with van der Waals surface area (Å²) < 4.78 is 24.9. The predicted octanol–water partition coefficient (Wildman–Crippen LogP) is 1.82. The second-order valence-electron chi connectivity index (χ2n) is 3.20. The van der Waals surface area contributed by atoms with E-state index in [1.807, 2.05) is 4.90 Å². The minimum Gasteiger partial charge on any atom is -0.377 e. The van der Waals surface area contributed by atoms with Crippen LogP contribution in [0, 0.1) is 0 Å². The second kappa shape index (κ2) is 4.35. The van der Waals surface area contributed by atoms with Crippen molar-refractivity contribution in [2.24, 2.45) is 0 Å². The Kier molecular flexibility index (Phi) is 3.39. The fourth-order valence-corrected chi connectivity index (χ4v) is 1.31. The summed E-state index contributed by atoms with van der Waals surface area (Å²) in [5, 5.41) is 0. The number of hydrogen-bond acceptors (Lipinski definition) is 2. The van der Waals surface area contributed by atoms with E-state index in [1.165, 1.54) is 6.20 Å². The highest BCUT2D eigenvalue weighted by Crippen LogP contribution is 2.14. The van der Waals surface area contributed by atoms with Gasteiger partial charge in [0, 0.05) is 25.4 Å². The lowest BCUT2D eigenvalue weighted by molar-refractivity contribution is -0.123. The molecule has 0 aliphatic carbocycles. The molecule has 74 valence electrons. The van der Waals surface area contributed by atoms with Gasteiger partial charge in [-0.25, -0.2) is 0 Å². The molecule has 13 heavy (non-hydrogen) atoms. The zero-order chi connectivity index (χ0) is 9.73. The SMILES string of the molecule is O=CC(F)(F)C=CN1CCCCC1. The second-order valence-corrected chi connectivity index (χ2v) is 3.20. The van der Waals surface area contributed by atoms with Gasteiger partial charge in [-0.3, -0.25) is 4.79 Å². The number of alkyl halides is 2. The van der Waals surface area contributed by atoms with Crippen LogP contribution in [-0.2, 0) is 4.79 Å². The Balaban J connectivity index is 2.41. The normalized spacial score (nSPS) is 19.4. The molecule has 1 rings (SSSR count). The monoisotopic (exact) mass is 189 g/mol. The highest BCUT2D eigenvalue weighted by molar-refractivity contribution is 5.62. The van der Waals surface area contributed by atoms with Gasteiger partial charge in [0.15, 0.2) is 6.29 Å². The molecule has 0 bridgehead atoms. The van der Waals surface area contributed by atoms with E-state index in [2.05, 4.69) is 0 Å². The molecule has 2 nitrogen and oxygen atoms in total. The van der Waals surface area contributed by atoms with Crippen LogP contribution in [0.25, 0.3) is 0 Å². The first-order valence-electron chi connectivity index (χ1n) is 4.42. The number of hydrogen-bond donors (Lipinski definition) is 0. The average Bonchev–Trinajstić information content (AvgIpc) is 2.17. The molecule has 0 amide bonds. The van der Waals surface area contributed by atoms with Crippen molar-refractivity contribution in [2.45, 2.75) is 25.2 Å². The molecule has 0 spiro atoms. The van der Waals surface area contributed by atoms with Crippen LogP contribution < -0.4 is 0 Å². The number of allylic oxidation sites excluding steroid dienone is 1. The maximum atomic E-state index is 12.4. The number of piperidine rings is 1. The molecule has 0 N–H and O–H groups in total. The highest BCUT2D eigenvalue weighted by Gasteiger charge is 2.23. The minimum atomic E-state index is -3.31. The largest absolute Gasteiger partial charge is 0.377 e. The topological polar surface area (TPSA) is 20.3 Å². The lowest BCUT2D eigenvalue weighted by Crippen LogP contribution is -2.25. The average molecular weight is 189 g/mol. The summed E-state index contributed by atoms with van der Waals surface area (Å²) in [5.74, 6) is -3.31. The molecule has 0 aromatic carbocycles. The van der Waals surface area contributed by atoms with Crippen molar-refractivity contribution >= 4 is 6.29 Å². The van der Waals surface area contributed by atoms with Crippen LogP contribution in [0.3, 0.4) is 0 Å². The molecular weight excluding hydrogens is 176 g/mol. The summed E-state index contributed by atoms with van der Waals surface area (Å²) in [6.07, 6.45) is 4.88. The Labute approximate surface area is 76.2 Å². The first-order chi connectivity index (χ1) is 6.14. The van der Waals surface area contributed by atoms with Crippen molar-refractivity contribution in [3.05, 3.63) is 12.3 Å². The third-order valence-electron chi connectivity index (χ3n) is 2.06. The zero-order valence-electron chi connectivity index (χ0n) is 7.38. The minimum absolute atomic E-state index is 0.340. The van der Waals surface area contributed by atoms with Gasteiger partial charge >= 0.3 is 5.92 Å². The molecule has 0 unspecified atom stereocenters. The summed E-state index contributed by atoms with van der Waals surface area (Å²) in [5.41, 5.74) is 0. The quantitative estimate of drug-likeness (QED) is 0.631. The van der Waals surface area contributed by atoms with E-state index in [9.17, 15) is 13.6 Å². The van der Waals surface area contributed by atoms with Gasteiger partial charge in [-0.15, -0.1) is 0 Å². The molecule has 0 radical (unpaired) electrons. The van der Waals surface area contributed by atoms with Crippen LogP contribution in [0.1, 0.15) is 19.3 Å². The molecular formula is C9H13F2NO. The lowest BCUT2D eigenvalue weighted by atomic mass is 10.1. The number of halogens is 2. The van der Waals surface area contributed by atoms with Gasteiger partial charge in [-0.2, -0.15) is 8.78 Å². The van der Waals surface area contributed by atoms with Crippen molar-refractivity contribution in [2.75, 3.05) is 13.1 Å². The fraction of sp³-hybridized carbons (Fsp3) is 0.667. The maximum Gasteiger partial charge on any atom is 0.322 e. The van der Waals surface area contributed by atoms with Crippen molar-refractivity contribution in [1.82, 2.24) is 4.90 Å². The van der Waals surface area contributed by atoms with E-state index in [-0.39, 0.29) is 6.29 Å². The molecule has 0 aromatic heterocycles. The first-order valence-corrected chi connectivity index (χ1v) is 4.42. The number of likely N-dealkylation sites (tertiary alicyclic amines) is 1. The van der Waals surface area contributed by atoms with Crippen molar-refractivity contribution in [3.8, 4) is 0 Å². The van der Waals surface area contributed by atoms with Crippen LogP contribution in [0.15, 0.2) is 12.3 Å². The summed E-state index contributed by atoms with van der Waals surface area (Å²) in [6, 6.07) is 0. The van der Waals surface area contributed by atoms with Crippen molar-refractivity contribution in [1.29, 1.82) is 0 Å². The van der Waals surface area contributed by atoms with E-state index in [1.54, 1.807) is 0 Å². The van der Waals surface area contributed by atoms with E-state index < -0.39 is 5.92 Å². The zero-order valence-corrected chi connectivity index (χ0v) is 7.38. The molecule has 1 heterocycles. The Morgan fingerprint density at radius 2 is 1.77 bits per heavy atom. The van der Waals surface area contributed by atoms with E-state index >= 15 is 0 Å². The smallest absolute Gasteiger partial charge is 0.322 e. The highest BCUT2D eigenvalue weighted by atomic mass is 19.3. The molecule has 1 fully saturated rings. The number of carbonyl (C=O) groups excluding carboxylic acids is 1. The molecule has 1 saturated heterocycles. The van der Waals surface area contributed by atoms with Crippen molar-refractivity contribution < 1.29 is 13.6 Å². The Bertz CT molecular complexity index is 198. The molecule has 0 aromatic rings. The van der Waals surface area contributed by atoms with Crippen LogP contribution in [0.2, 0.25) is 0 Å². The van der Waals surface area contributed by atoms with Crippen LogP contribution in [0.5, 0.6) is 0 Å². The fourth-order valence-electron chi connectivity index (χ4n) is 1.31. The Morgan fingerprint density at radius 1 is 1.15 bits per heavy atom. The van der Waals surface area contributed by atoms with E-state index in [4.69, 9.17) is 0 Å². The number of aldehydes is 1. The summed E-state index contributed by atoms with van der Waals surface area (Å²) in [6.45, 7) is 1.62. The van der Waals surface area contributed by atoms with Gasteiger partial charge in [0.05, 0.1) is 0 Å². The van der Waals surface area contributed by atoms with Gasteiger partial charge in [0.25, 0.3) is 0 Å². The third-order valence-corrected chi connectivity index (χ3v) is 2.06. The molecule has 1 aliphatic rings. The van der Waals surface area contributed by atoms with Crippen LogP contribution in [-0.4, -0.2) is 30.2 Å². The standard InChI is InChI=1S/C9H13F2NO/c10-9(11,8-13)4-7-12-5-2-1-3-6-12/h4,7-8H,1-3,5-6H2. The first kappa shape index (κ1) is 10.2. The molecule has 0 saturated carbocycles.